The van der Waals surface area contributed by atoms with E-state index in [1.807, 2.05) is 18.2 Å². The molecule has 0 amide bonds. The Labute approximate surface area is 89.3 Å². The van der Waals surface area contributed by atoms with E-state index in [1.54, 1.807) is 0 Å². The number of nitrogens with zero attached hydrogens (tertiary/aromatic N) is 3. The van der Waals surface area contributed by atoms with Crippen molar-refractivity contribution >= 4 is 40.9 Å². The lowest BCUT2D eigenvalue weighted by atomic mass is 10.2. The van der Waals surface area contributed by atoms with Crippen molar-refractivity contribution in [3.8, 4) is 0 Å². The van der Waals surface area contributed by atoms with Crippen LogP contribution in [0.5, 0.6) is 0 Å². The van der Waals surface area contributed by atoms with Crippen LogP contribution in [-0.4, -0.2) is 0 Å². The SMILES string of the molecule is [N-]=[N+]=Nc1cc(I)cc(CS)c1. The van der Waals surface area contributed by atoms with Crippen LogP contribution in [0.25, 0.3) is 10.4 Å². The first-order valence-electron chi connectivity index (χ1n) is 3.21. The Balaban J connectivity index is 3.14. The number of azide groups is 1. The summed E-state index contributed by atoms with van der Waals surface area (Å²) in [4.78, 5) is 2.72. The molecule has 5 heteroatoms. The molecule has 0 saturated heterocycles. The van der Waals surface area contributed by atoms with Gasteiger partial charge in [-0.25, -0.2) is 0 Å². The highest BCUT2D eigenvalue weighted by Crippen LogP contribution is 2.20. The Morgan fingerprint density at radius 3 is 2.83 bits per heavy atom. The zero-order valence-corrected chi connectivity index (χ0v) is 9.16. The van der Waals surface area contributed by atoms with Gasteiger partial charge in [0, 0.05) is 19.9 Å². The van der Waals surface area contributed by atoms with Crippen molar-refractivity contribution in [2.75, 3.05) is 0 Å². The molecule has 0 fully saturated rings. The molecule has 0 unspecified atom stereocenters. The fourth-order valence-corrected chi connectivity index (χ4v) is 1.74. The third kappa shape index (κ3) is 2.58. The number of benzene rings is 1. The standard InChI is InChI=1S/C7H6IN3S/c8-6-1-5(4-12)2-7(3-6)10-11-9/h1-3,12H,4H2. The lowest BCUT2D eigenvalue weighted by Gasteiger charge is -1.98. The molecule has 0 aliphatic heterocycles. The highest BCUT2D eigenvalue weighted by Gasteiger charge is 1.95. The van der Waals surface area contributed by atoms with Crippen molar-refractivity contribution in [3.05, 3.63) is 37.8 Å². The van der Waals surface area contributed by atoms with Crippen molar-refractivity contribution in [2.24, 2.45) is 5.11 Å². The quantitative estimate of drug-likeness (QED) is 0.284. The average molecular weight is 291 g/mol. The van der Waals surface area contributed by atoms with E-state index in [2.05, 4.69) is 45.2 Å². The predicted octanol–water partition coefficient (Wildman–Crippen LogP) is 3.66. The third-order valence-corrected chi connectivity index (χ3v) is 2.27. The van der Waals surface area contributed by atoms with E-state index < -0.39 is 0 Å². The molecule has 62 valence electrons. The maximum Gasteiger partial charge on any atom is 0.0388 e. The highest BCUT2D eigenvalue weighted by molar-refractivity contribution is 14.1. The van der Waals surface area contributed by atoms with Crippen LogP contribution >= 0.6 is 35.2 Å². The summed E-state index contributed by atoms with van der Waals surface area (Å²) >= 11 is 6.31. The van der Waals surface area contributed by atoms with Gasteiger partial charge in [-0.2, -0.15) is 12.6 Å². The van der Waals surface area contributed by atoms with Crippen LogP contribution in [0.4, 0.5) is 5.69 Å². The molecule has 1 aromatic rings. The first-order valence-corrected chi connectivity index (χ1v) is 4.93. The van der Waals surface area contributed by atoms with Gasteiger partial charge < -0.3 is 0 Å². The Bertz CT molecular complexity index is 333. The monoisotopic (exact) mass is 291 g/mol. The summed E-state index contributed by atoms with van der Waals surface area (Å²) in [6.07, 6.45) is 0. The average Bonchev–Trinajstić information content (AvgIpc) is 2.04. The van der Waals surface area contributed by atoms with Gasteiger partial charge in [0.2, 0.25) is 0 Å². The van der Waals surface area contributed by atoms with Gasteiger partial charge >= 0.3 is 0 Å². The normalized spacial score (nSPS) is 9.17. The van der Waals surface area contributed by atoms with E-state index in [0.29, 0.717) is 11.4 Å². The molecule has 0 aliphatic rings. The molecule has 0 saturated carbocycles. The van der Waals surface area contributed by atoms with Gasteiger partial charge in [-0.1, -0.05) is 5.11 Å². The van der Waals surface area contributed by atoms with E-state index in [9.17, 15) is 0 Å². The summed E-state index contributed by atoms with van der Waals surface area (Å²) in [7, 11) is 0. The molecule has 0 aliphatic carbocycles. The Morgan fingerprint density at radius 2 is 2.25 bits per heavy atom. The number of halogens is 1. The summed E-state index contributed by atoms with van der Waals surface area (Å²) < 4.78 is 1.06. The molecule has 0 radical (unpaired) electrons. The summed E-state index contributed by atoms with van der Waals surface area (Å²) in [5.74, 6) is 0.658. The van der Waals surface area contributed by atoms with Crippen LogP contribution in [0.3, 0.4) is 0 Å². The molecule has 3 nitrogen and oxygen atoms in total. The van der Waals surface area contributed by atoms with Crippen LogP contribution in [0.1, 0.15) is 5.56 Å². The maximum atomic E-state index is 8.21. The molecule has 0 N–H and O–H groups in total. The minimum Gasteiger partial charge on any atom is -0.175 e. The zero-order chi connectivity index (χ0) is 8.97. The van der Waals surface area contributed by atoms with Crippen molar-refractivity contribution in [3.63, 3.8) is 0 Å². The fraction of sp³-hybridized carbons (Fsp3) is 0.143. The second-order valence-electron chi connectivity index (χ2n) is 2.17. The number of hydrogen-bond acceptors (Lipinski definition) is 2. The number of hydrogen-bond donors (Lipinski definition) is 1. The summed E-state index contributed by atoms with van der Waals surface area (Å²) in [6, 6.07) is 5.66. The van der Waals surface area contributed by atoms with Gasteiger partial charge in [0.15, 0.2) is 0 Å². The van der Waals surface area contributed by atoms with Crippen molar-refractivity contribution < 1.29 is 0 Å². The lowest BCUT2D eigenvalue weighted by molar-refractivity contribution is 1.37. The molecular formula is C7H6IN3S. The first kappa shape index (κ1) is 9.70. The number of rotatable bonds is 2. The van der Waals surface area contributed by atoms with Crippen molar-refractivity contribution in [1.29, 1.82) is 0 Å². The van der Waals surface area contributed by atoms with Crippen LogP contribution in [-0.2, 0) is 5.75 Å². The lowest BCUT2D eigenvalue weighted by Crippen LogP contribution is -1.78. The van der Waals surface area contributed by atoms with E-state index in [1.165, 1.54) is 0 Å². The minimum absolute atomic E-state index is 0.647. The van der Waals surface area contributed by atoms with Crippen molar-refractivity contribution in [1.82, 2.24) is 0 Å². The summed E-state index contributed by atoms with van der Waals surface area (Å²) in [5.41, 5.74) is 9.92. The Kier molecular flexibility index (Phi) is 3.71. The Morgan fingerprint density at radius 1 is 1.50 bits per heavy atom. The van der Waals surface area contributed by atoms with Gasteiger partial charge in [0.25, 0.3) is 0 Å². The van der Waals surface area contributed by atoms with Crippen LogP contribution in [0, 0.1) is 3.57 Å². The molecule has 0 atom stereocenters. The molecule has 0 aromatic heterocycles. The third-order valence-electron chi connectivity index (χ3n) is 1.29. The largest absolute Gasteiger partial charge is 0.175 e. The summed E-state index contributed by atoms with van der Waals surface area (Å²) in [5, 5.41) is 3.52. The van der Waals surface area contributed by atoms with E-state index in [-0.39, 0.29) is 0 Å². The maximum absolute atomic E-state index is 8.21. The highest BCUT2D eigenvalue weighted by atomic mass is 127. The predicted molar refractivity (Wildman–Crippen MR) is 60.7 cm³/mol. The first-order chi connectivity index (χ1) is 5.76. The van der Waals surface area contributed by atoms with Crippen LogP contribution in [0.2, 0.25) is 0 Å². The van der Waals surface area contributed by atoms with Gasteiger partial charge in [0.05, 0.1) is 0 Å². The topological polar surface area (TPSA) is 48.8 Å². The van der Waals surface area contributed by atoms with E-state index in [4.69, 9.17) is 5.53 Å². The minimum atomic E-state index is 0.647. The van der Waals surface area contributed by atoms with Gasteiger partial charge in [-0.05, 0) is 51.9 Å². The molecule has 0 spiro atoms. The van der Waals surface area contributed by atoms with Gasteiger partial charge in [-0.15, -0.1) is 0 Å². The smallest absolute Gasteiger partial charge is 0.0388 e. The molecule has 1 rings (SSSR count). The zero-order valence-electron chi connectivity index (χ0n) is 6.11. The molecule has 0 bridgehead atoms. The molecular weight excluding hydrogens is 285 g/mol. The fourth-order valence-electron chi connectivity index (χ4n) is 0.834. The van der Waals surface area contributed by atoms with E-state index in [0.717, 1.165) is 9.13 Å². The van der Waals surface area contributed by atoms with Crippen molar-refractivity contribution in [2.45, 2.75) is 5.75 Å². The van der Waals surface area contributed by atoms with Gasteiger partial charge in [-0.3, -0.25) is 0 Å². The second-order valence-corrected chi connectivity index (χ2v) is 3.73. The number of thiol groups is 1. The molecule has 12 heavy (non-hydrogen) atoms. The second kappa shape index (κ2) is 4.59. The molecule has 1 aromatic carbocycles. The Hall–Kier alpha value is -0.390. The van der Waals surface area contributed by atoms with E-state index >= 15 is 0 Å². The van der Waals surface area contributed by atoms with Gasteiger partial charge in [0.1, 0.15) is 0 Å². The summed E-state index contributed by atoms with van der Waals surface area (Å²) in [6.45, 7) is 0. The molecule has 0 heterocycles. The van der Waals surface area contributed by atoms with Crippen LogP contribution in [0.15, 0.2) is 23.3 Å². The van der Waals surface area contributed by atoms with Crippen LogP contribution < -0.4 is 0 Å².